The largest absolute Gasteiger partial charge is 0.367 e. The first-order valence-electron chi connectivity index (χ1n) is 7.90. The van der Waals surface area contributed by atoms with Crippen LogP contribution in [0.25, 0.3) is 0 Å². The van der Waals surface area contributed by atoms with Crippen LogP contribution in [0.3, 0.4) is 0 Å². The van der Waals surface area contributed by atoms with Gasteiger partial charge in [-0.2, -0.15) is 0 Å². The molecule has 0 aromatic carbocycles. The van der Waals surface area contributed by atoms with Crippen molar-refractivity contribution in [2.45, 2.75) is 56.9 Å². The van der Waals surface area contributed by atoms with E-state index >= 15 is 0 Å². The van der Waals surface area contributed by atoms with Gasteiger partial charge in [-0.15, -0.1) is 0 Å². The molecule has 2 unspecified atom stereocenters. The normalized spacial score (nSPS) is 44.8. The Bertz CT molecular complexity index is 452. The summed E-state index contributed by atoms with van der Waals surface area (Å²) in [4.78, 5) is 3.27. The Morgan fingerprint density at radius 2 is 1.89 bits per heavy atom. The minimum absolute atomic E-state index is 0.00193. The third kappa shape index (κ3) is 1.65. The highest BCUT2D eigenvalue weighted by Crippen LogP contribution is 2.64. The van der Waals surface area contributed by atoms with Crippen molar-refractivity contribution in [2.24, 2.45) is 29.4 Å². The van der Waals surface area contributed by atoms with E-state index in [4.69, 9.17) is 5.73 Å². The topological polar surface area (TPSA) is 41.8 Å². The number of nitrogens with one attached hydrogen (secondary N) is 1. The van der Waals surface area contributed by atoms with E-state index < -0.39 is 0 Å². The van der Waals surface area contributed by atoms with Crippen molar-refractivity contribution < 1.29 is 0 Å². The maximum Gasteiger partial charge on any atom is 0.0131 e. The van der Waals surface area contributed by atoms with Gasteiger partial charge in [0.1, 0.15) is 0 Å². The average Bonchev–Trinajstić information content (AvgIpc) is 2.78. The lowest BCUT2D eigenvalue weighted by atomic mass is 9.43. The molecular formula is C17H26N2. The number of hydrogen-bond donors (Lipinski definition) is 2. The van der Waals surface area contributed by atoms with Gasteiger partial charge < -0.3 is 10.7 Å². The second kappa shape index (κ2) is 3.66. The van der Waals surface area contributed by atoms with Crippen molar-refractivity contribution in [1.82, 2.24) is 4.98 Å². The molecule has 4 fully saturated rings. The molecule has 2 atom stereocenters. The van der Waals surface area contributed by atoms with Gasteiger partial charge in [0, 0.05) is 17.9 Å². The molecule has 4 saturated carbocycles. The summed E-state index contributed by atoms with van der Waals surface area (Å²) in [5, 5.41) is 0. The Hall–Kier alpha value is -0.760. The molecule has 5 rings (SSSR count). The molecule has 2 heteroatoms. The summed E-state index contributed by atoms with van der Waals surface area (Å²) in [6, 6.07) is 2.32. The van der Waals surface area contributed by atoms with Crippen molar-refractivity contribution >= 4 is 0 Å². The quantitative estimate of drug-likeness (QED) is 0.838. The van der Waals surface area contributed by atoms with Gasteiger partial charge in [-0.3, -0.25) is 0 Å². The zero-order valence-electron chi connectivity index (χ0n) is 12.2. The molecule has 0 spiro atoms. The van der Waals surface area contributed by atoms with E-state index in [2.05, 4.69) is 37.3 Å². The highest BCUT2D eigenvalue weighted by molar-refractivity contribution is 5.28. The van der Waals surface area contributed by atoms with Crippen molar-refractivity contribution in [3.8, 4) is 0 Å². The van der Waals surface area contributed by atoms with E-state index in [1.165, 1.54) is 32.1 Å². The Morgan fingerprint density at radius 1 is 1.21 bits per heavy atom. The number of aromatic amines is 1. The van der Waals surface area contributed by atoms with Crippen LogP contribution in [0.5, 0.6) is 0 Å². The zero-order chi connectivity index (χ0) is 13.3. The maximum absolute atomic E-state index is 6.52. The molecular weight excluding hydrogens is 232 g/mol. The van der Waals surface area contributed by atoms with Gasteiger partial charge in [-0.1, -0.05) is 0 Å². The van der Waals surface area contributed by atoms with Crippen LogP contribution >= 0.6 is 0 Å². The first-order valence-corrected chi connectivity index (χ1v) is 7.90. The maximum atomic E-state index is 6.52. The Balaban J connectivity index is 1.72. The van der Waals surface area contributed by atoms with Crippen molar-refractivity contribution in [2.75, 3.05) is 0 Å². The van der Waals surface area contributed by atoms with E-state index in [1.807, 2.05) is 0 Å². The Labute approximate surface area is 116 Å². The van der Waals surface area contributed by atoms with Gasteiger partial charge in [0.15, 0.2) is 0 Å². The molecule has 104 valence electrons. The Morgan fingerprint density at radius 3 is 2.42 bits per heavy atom. The van der Waals surface area contributed by atoms with Crippen LogP contribution in [-0.2, 0) is 5.41 Å². The predicted molar refractivity (Wildman–Crippen MR) is 77.8 cm³/mol. The lowest BCUT2D eigenvalue weighted by molar-refractivity contribution is -0.0793. The predicted octanol–water partition coefficient (Wildman–Crippen LogP) is 3.45. The van der Waals surface area contributed by atoms with Crippen LogP contribution in [-0.4, -0.2) is 10.5 Å². The Kier molecular flexibility index (Phi) is 2.32. The van der Waals surface area contributed by atoms with Crippen LogP contribution in [0, 0.1) is 23.7 Å². The number of aromatic nitrogens is 1. The van der Waals surface area contributed by atoms with Gasteiger partial charge in [0.05, 0.1) is 0 Å². The number of H-pyrrole nitrogens is 1. The van der Waals surface area contributed by atoms with Crippen LogP contribution in [0.15, 0.2) is 18.5 Å². The molecule has 19 heavy (non-hydrogen) atoms. The van der Waals surface area contributed by atoms with Gasteiger partial charge in [0.2, 0.25) is 0 Å². The van der Waals surface area contributed by atoms with Crippen molar-refractivity contribution in [3.05, 3.63) is 24.0 Å². The molecule has 4 aliphatic carbocycles. The summed E-state index contributed by atoms with van der Waals surface area (Å²) in [6.07, 6.45) is 11.4. The van der Waals surface area contributed by atoms with Crippen LogP contribution < -0.4 is 5.73 Å². The number of rotatable bonds is 2. The first kappa shape index (κ1) is 12.0. The molecule has 1 aromatic rings. The third-order valence-electron chi connectivity index (χ3n) is 6.34. The number of nitrogens with two attached hydrogens (primary N) is 1. The second-order valence-electron chi connectivity index (χ2n) is 8.20. The van der Waals surface area contributed by atoms with Gasteiger partial charge in [0.25, 0.3) is 0 Å². The number of hydrogen-bond acceptors (Lipinski definition) is 1. The highest BCUT2D eigenvalue weighted by atomic mass is 14.8. The minimum atomic E-state index is 0.00193. The molecule has 0 aliphatic heterocycles. The van der Waals surface area contributed by atoms with E-state index in [0.717, 1.165) is 23.7 Å². The molecule has 0 amide bonds. The molecule has 4 bridgehead atoms. The lowest BCUT2D eigenvalue weighted by Crippen LogP contribution is -2.60. The van der Waals surface area contributed by atoms with Gasteiger partial charge in [-0.05, 0) is 86.7 Å². The van der Waals surface area contributed by atoms with E-state index in [9.17, 15) is 0 Å². The molecule has 4 aliphatic rings. The molecule has 3 N–H and O–H groups in total. The third-order valence-corrected chi connectivity index (χ3v) is 6.34. The fraction of sp³-hybridized carbons (Fsp3) is 0.765. The molecule has 0 radical (unpaired) electrons. The standard InChI is InChI=1S/C17H26N2/c1-16(2,18)15-12-5-11-6-13(15)9-17(7-11,8-12)14-3-4-19-10-14/h3-4,10-13,15,19H,5-9,18H2,1-2H3. The van der Waals surface area contributed by atoms with Crippen LogP contribution in [0.1, 0.15) is 51.5 Å². The van der Waals surface area contributed by atoms with Crippen molar-refractivity contribution in [1.29, 1.82) is 0 Å². The lowest BCUT2D eigenvalue weighted by Gasteiger charge is -2.62. The molecule has 0 saturated heterocycles. The van der Waals surface area contributed by atoms with Gasteiger partial charge >= 0.3 is 0 Å². The SMILES string of the molecule is CC(C)(N)C1C2CC3CC1CC(c1cc[nH]c1)(C3)C2. The first-order chi connectivity index (χ1) is 8.98. The van der Waals surface area contributed by atoms with E-state index in [-0.39, 0.29) is 5.54 Å². The highest BCUT2D eigenvalue weighted by Gasteiger charge is 2.58. The smallest absolute Gasteiger partial charge is 0.0131 e. The zero-order valence-corrected chi connectivity index (χ0v) is 12.2. The summed E-state index contributed by atoms with van der Waals surface area (Å²) < 4.78 is 0. The second-order valence-corrected chi connectivity index (χ2v) is 8.20. The molecule has 1 aromatic heterocycles. The van der Waals surface area contributed by atoms with Crippen LogP contribution in [0.2, 0.25) is 0 Å². The summed E-state index contributed by atoms with van der Waals surface area (Å²) in [7, 11) is 0. The summed E-state index contributed by atoms with van der Waals surface area (Å²) >= 11 is 0. The van der Waals surface area contributed by atoms with Crippen LogP contribution in [0.4, 0.5) is 0 Å². The van der Waals surface area contributed by atoms with E-state index in [1.54, 1.807) is 5.56 Å². The van der Waals surface area contributed by atoms with Crippen molar-refractivity contribution in [3.63, 3.8) is 0 Å². The monoisotopic (exact) mass is 258 g/mol. The fourth-order valence-electron chi connectivity index (χ4n) is 6.25. The average molecular weight is 258 g/mol. The molecule has 1 heterocycles. The fourth-order valence-corrected chi connectivity index (χ4v) is 6.25. The summed E-state index contributed by atoms with van der Waals surface area (Å²) in [5.74, 6) is 3.43. The minimum Gasteiger partial charge on any atom is -0.367 e. The summed E-state index contributed by atoms with van der Waals surface area (Å²) in [6.45, 7) is 4.51. The summed E-state index contributed by atoms with van der Waals surface area (Å²) in [5.41, 5.74) is 8.57. The van der Waals surface area contributed by atoms with E-state index in [0.29, 0.717) is 5.41 Å². The molecule has 2 nitrogen and oxygen atoms in total. The van der Waals surface area contributed by atoms with Gasteiger partial charge in [-0.25, -0.2) is 0 Å².